The molecule has 0 saturated carbocycles. The van der Waals surface area contributed by atoms with Crippen LogP contribution in [0.15, 0.2) is 85.1 Å². The van der Waals surface area contributed by atoms with Crippen LogP contribution in [-0.4, -0.2) is 70.0 Å². The predicted octanol–water partition coefficient (Wildman–Crippen LogP) is 21.5. The maximum Gasteiger partial charge on any atom is 0.306 e. The summed E-state index contributed by atoms with van der Waals surface area (Å²) < 4.78 is 34.3. The minimum atomic E-state index is -4.64. The molecule has 0 aliphatic rings. The van der Waals surface area contributed by atoms with Gasteiger partial charge >= 0.3 is 11.9 Å². The van der Waals surface area contributed by atoms with Gasteiger partial charge in [-0.15, -0.1) is 0 Å². The summed E-state index contributed by atoms with van der Waals surface area (Å²) in [6.45, 7) is 4.17. The first kappa shape index (κ1) is 79.2. The lowest BCUT2D eigenvalue weighted by atomic mass is 10.0. The largest absolute Gasteiger partial charge is 0.756 e. The molecular weight excluding hydrogens is 1040 g/mol. The van der Waals surface area contributed by atoms with E-state index in [2.05, 4.69) is 98.9 Å². The van der Waals surface area contributed by atoms with Crippen molar-refractivity contribution in [1.82, 2.24) is 0 Å². The van der Waals surface area contributed by atoms with Crippen molar-refractivity contribution < 1.29 is 42.1 Å². The van der Waals surface area contributed by atoms with Crippen molar-refractivity contribution in [1.29, 1.82) is 0 Å². The number of quaternary nitrogens is 1. The average molecular weight is 1170 g/mol. The Morgan fingerprint density at radius 1 is 0.390 bits per heavy atom. The smallest absolute Gasteiger partial charge is 0.306 e. The number of ether oxygens (including phenoxy) is 2. The quantitative estimate of drug-likeness (QED) is 0.0195. The maximum atomic E-state index is 12.9. The second-order valence-electron chi connectivity index (χ2n) is 24.2. The third kappa shape index (κ3) is 66.3. The molecule has 0 aromatic heterocycles. The molecule has 0 N–H and O–H groups in total. The Labute approximate surface area is 507 Å². The number of unbranched alkanes of at least 4 members (excludes halogenated alkanes) is 35. The van der Waals surface area contributed by atoms with E-state index in [-0.39, 0.29) is 32.0 Å². The Kier molecular flexibility index (Phi) is 60.6. The van der Waals surface area contributed by atoms with Gasteiger partial charge in [-0.3, -0.25) is 14.2 Å². The number of allylic oxidation sites excluding steroid dienone is 14. The second-order valence-corrected chi connectivity index (χ2v) is 25.6. The molecule has 9 nitrogen and oxygen atoms in total. The Morgan fingerprint density at radius 2 is 0.695 bits per heavy atom. The predicted molar refractivity (Wildman–Crippen MR) is 351 cm³/mol. The lowest BCUT2D eigenvalue weighted by molar-refractivity contribution is -0.870. The summed E-state index contributed by atoms with van der Waals surface area (Å²) in [6, 6.07) is 0. The third-order valence-corrected chi connectivity index (χ3v) is 15.9. The first-order valence-corrected chi connectivity index (χ1v) is 35.8. The van der Waals surface area contributed by atoms with Gasteiger partial charge in [0.15, 0.2) is 6.10 Å². The first-order chi connectivity index (χ1) is 40.0. The van der Waals surface area contributed by atoms with Crippen molar-refractivity contribution in [3.63, 3.8) is 0 Å². The van der Waals surface area contributed by atoms with Gasteiger partial charge < -0.3 is 27.9 Å². The summed E-state index contributed by atoms with van der Waals surface area (Å²) in [5, 5.41) is 0. The molecule has 0 rings (SSSR count). The van der Waals surface area contributed by atoms with Gasteiger partial charge in [0.2, 0.25) is 0 Å². The Morgan fingerprint density at radius 3 is 1.04 bits per heavy atom. The van der Waals surface area contributed by atoms with E-state index in [0.29, 0.717) is 17.4 Å². The lowest BCUT2D eigenvalue weighted by Gasteiger charge is -2.28. The second kappa shape index (κ2) is 62.7. The van der Waals surface area contributed by atoms with Crippen molar-refractivity contribution in [2.24, 2.45) is 0 Å². The first-order valence-electron chi connectivity index (χ1n) is 34.3. The van der Waals surface area contributed by atoms with Gasteiger partial charge in [-0.2, -0.15) is 0 Å². The van der Waals surface area contributed by atoms with Crippen molar-refractivity contribution >= 4 is 19.8 Å². The molecule has 82 heavy (non-hydrogen) atoms. The molecule has 0 fully saturated rings. The lowest BCUT2D eigenvalue weighted by Crippen LogP contribution is -2.37. The highest BCUT2D eigenvalue weighted by molar-refractivity contribution is 7.45. The zero-order valence-corrected chi connectivity index (χ0v) is 55.1. The highest BCUT2D eigenvalue weighted by Gasteiger charge is 2.22. The molecule has 0 spiro atoms. The molecule has 476 valence electrons. The van der Waals surface area contributed by atoms with Crippen LogP contribution in [0.2, 0.25) is 0 Å². The molecule has 0 aliphatic heterocycles. The third-order valence-electron chi connectivity index (χ3n) is 14.9. The maximum absolute atomic E-state index is 12.9. The topological polar surface area (TPSA) is 111 Å². The van der Waals surface area contributed by atoms with E-state index in [1.165, 1.54) is 193 Å². The fraction of sp³-hybridized carbons (Fsp3) is 0.778. The summed E-state index contributed by atoms with van der Waals surface area (Å²) in [5.41, 5.74) is 0. The van der Waals surface area contributed by atoms with Crippen LogP contribution in [0.4, 0.5) is 0 Å². The van der Waals surface area contributed by atoms with Crippen LogP contribution >= 0.6 is 7.82 Å². The molecule has 0 amide bonds. The minimum absolute atomic E-state index is 0.0317. The van der Waals surface area contributed by atoms with Crippen LogP contribution in [-0.2, 0) is 32.7 Å². The van der Waals surface area contributed by atoms with Crippen LogP contribution < -0.4 is 4.89 Å². The molecule has 0 heterocycles. The van der Waals surface area contributed by atoms with E-state index in [9.17, 15) is 19.0 Å². The van der Waals surface area contributed by atoms with E-state index < -0.39 is 26.5 Å². The summed E-state index contributed by atoms with van der Waals surface area (Å²) in [7, 11) is 1.17. The molecule has 10 heteroatoms. The number of phosphoric ester groups is 1. The van der Waals surface area contributed by atoms with Crippen LogP contribution in [0.1, 0.15) is 309 Å². The number of carbonyl (C=O) groups is 2. The van der Waals surface area contributed by atoms with E-state index in [0.717, 1.165) is 83.5 Å². The van der Waals surface area contributed by atoms with Gasteiger partial charge in [-0.05, 0) is 70.6 Å². The Hall–Kier alpha value is -2.81. The van der Waals surface area contributed by atoms with Crippen LogP contribution in [0.25, 0.3) is 0 Å². The number of esters is 2. The number of hydrogen-bond donors (Lipinski definition) is 0. The molecule has 2 unspecified atom stereocenters. The van der Waals surface area contributed by atoms with Crippen molar-refractivity contribution in [3.05, 3.63) is 85.1 Å². The van der Waals surface area contributed by atoms with Gasteiger partial charge in [0, 0.05) is 12.8 Å². The number of nitrogens with zero attached hydrogens (tertiary/aromatic N) is 1. The van der Waals surface area contributed by atoms with E-state index >= 15 is 0 Å². The van der Waals surface area contributed by atoms with Gasteiger partial charge in [0.1, 0.15) is 19.8 Å². The number of hydrogen-bond acceptors (Lipinski definition) is 8. The summed E-state index contributed by atoms with van der Waals surface area (Å²) in [5.74, 6) is -0.823. The van der Waals surface area contributed by atoms with E-state index in [1.54, 1.807) is 0 Å². The molecular formula is C72H130NO8P. The minimum Gasteiger partial charge on any atom is -0.756 e. The SMILES string of the molecule is CC/C=C\C/C=C\C/C=C\C/C=C\C/C=C\C/C=C\C/C=C\CCCCCCCCCCCCCCCC(=O)OC(COC(=O)CCCCCCCCCCCCCCCCCCCCCCCCC)COP(=O)([O-])OCC[N+](C)(C)C. The molecule has 0 bridgehead atoms. The zero-order valence-electron chi connectivity index (χ0n) is 54.2. The molecule has 0 radical (unpaired) electrons. The van der Waals surface area contributed by atoms with Gasteiger partial charge in [0.25, 0.3) is 7.82 Å². The van der Waals surface area contributed by atoms with Gasteiger partial charge in [-0.1, -0.05) is 311 Å². The number of phosphoric acid groups is 1. The van der Waals surface area contributed by atoms with Crippen LogP contribution in [0, 0.1) is 0 Å². The normalized spacial score (nSPS) is 13.7. The molecule has 0 aromatic rings. The number of rotatable bonds is 63. The molecule has 0 saturated heterocycles. The number of likely N-dealkylation sites (N-methyl/N-ethyl adjacent to an activating group) is 1. The van der Waals surface area contributed by atoms with Crippen molar-refractivity contribution in [2.45, 2.75) is 315 Å². The molecule has 2 atom stereocenters. The fourth-order valence-electron chi connectivity index (χ4n) is 9.70. The highest BCUT2D eigenvalue weighted by Crippen LogP contribution is 2.38. The van der Waals surface area contributed by atoms with Crippen molar-refractivity contribution in [2.75, 3.05) is 47.5 Å². The molecule has 0 aromatic carbocycles. The standard InChI is InChI=1S/C72H130NO8P/c1-6-8-10-12-14-16-18-20-22-24-26-28-30-31-32-33-34-35-36-37-38-39-40-41-43-45-47-49-51-53-55-57-59-61-63-65-72(75)81-70(69-80-82(76,77)79-67-66-73(3,4)5)68-78-71(74)64-62-60-58-56-54-52-50-48-46-44-42-29-27-25-23-21-19-17-15-13-11-9-7-2/h8,10,14,16,20,22,26,28,31-32,34-35,37-38,70H,6-7,9,11-13,15,17-19,21,23-25,27,29-30,33,36,39-69H2,1-5H3/b10-8-,16-14-,22-20-,28-26-,32-31-,35-34-,38-37-. The fourth-order valence-corrected chi connectivity index (χ4v) is 10.4. The van der Waals surface area contributed by atoms with E-state index in [1.807, 2.05) is 21.1 Å². The van der Waals surface area contributed by atoms with Crippen molar-refractivity contribution in [3.8, 4) is 0 Å². The van der Waals surface area contributed by atoms with Gasteiger partial charge in [0.05, 0.1) is 27.7 Å². The summed E-state index contributed by atoms with van der Waals surface area (Å²) in [4.78, 5) is 38.0. The van der Waals surface area contributed by atoms with E-state index in [4.69, 9.17) is 18.5 Å². The zero-order chi connectivity index (χ0) is 59.8. The Balaban J connectivity index is 4.05. The summed E-state index contributed by atoms with van der Waals surface area (Å²) in [6.07, 6.45) is 85.1. The molecule has 0 aliphatic carbocycles. The Bertz CT molecular complexity index is 1660. The van der Waals surface area contributed by atoms with Crippen LogP contribution in [0.3, 0.4) is 0 Å². The highest BCUT2D eigenvalue weighted by atomic mass is 31.2. The average Bonchev–Trinajstić information content (AvgIpc) is 3.45. The monoisotopic (exact) mass is 1170 g/mol. The summed E-state index contributed by atoms with van der Waals surface area (Å²) >= 11 is 0. The van der Waals surface area contributed by atoms with Crippen LogP contribution in [0.5, 0.6) is 0 Å². The van der Waals surface area contributed by atoms with Gasteiger partial charge in [-0.25, -0.2) is 0 Å². The number of carbonyl (C=O) groups excluding carboxylic acids is 2.